The maximum Gasteiger partial charge on any atom is 0.253 e. The number of carbonyl (C=O) groups excluding carboxylic acids is 1. The summed E-state index contributed by atoms with van der Waals surface area (Å²) in [6, 6.07) is 14.8. The van der Waals surface area contributed by atoms with Gasteiger partial charge in [-0.3, -0.25) is 9.78 Å². The van der Waals surface area contributed by atoms with E-state index in [9.17, 15) is 9.90 Å². The molecule has 0 aliphatic rings. The van der Waals surface area contributed by atoms with Gasteiger partial charge in [0.15, 0.2) is 0 Å². The van der Waals surface area contributed by atoms with E-state index in [1.165, 1.54) is 0 Å². The Balaban J connectivity index is 1.66. The first kappa shape index (κ1) is 16.9. The number of aliphatic hydroxyl groups is 1. The smallest absolute Gasteiger partial charge is 0.253 e. The fourth-order valence-electron chi connectivity index (χ4n) is 2.62. The average Bonchev–Trinajstić information content (AvgIpc) is 3.20. The van der Waals surface area contributed by atoms with Gasteiger partial charge in [0.1, 0.15) is 0 Å². The molecule has 0 fully saturated rings. The molecule has 128 valence electrons. The Kier molecular flexibility index (Phi) is 5.53. The molecule has 0 aliphatic heterocycles. The van der Waals surface area contributed by atoms with Gasteiger partial charge < -0.3 is 10.4 Å². The van der Waals surface area contributed by atoms with E-state index >= 15 is 0 Å². The van der Waals surface area contributed by atoms with E-state index < -0.39 is 0 Å². The standard InChI is InChI=1S/C19H20N4O2/c24-14-15(12-16-6-3-4-9-20-16)13-21-19(25)17-7-1-2-8-18(17)23-11-5-10-22-23/h1-11,15,24H,12-14H2,(H,21,25). The van der Waals surface area contributed by atoms with Crippen molar-refractivity contribution in [3.8, 4) is 5.69 Å². The Morgan fingerprint density at radius 2 is 1.96 bits per heavy atom. The van der Waals surface area contributed by atoms with Gasteiger partial charge in [0.2, 0.25) is 0 Å². The molecule has 2 aromatic heterocycles. The van der Waals surface area contributed by atoms with Gasteiger partial charge in [0, 0.05) is 43.4 Å². The van der Waals surface area contributed by atoms with Crippen LogP contribution in [0.4, 0.5) is 0 Å². The van der Waals surface area contributed by atoms with Crippen molar-refractivity contribution in [1.29, 1.82) is 0 Å². The number of carbonyl (C=O) groups is 1. The Bertz CT molecular complexity index is 803. The van der Waals surface area contributed by atoms with Crippen molar-refractivity contribution in [2.75, 3.05) is 13.2 Å². The quantitative estimate of drug-likeness (QED) is 0.690. The molecule has 3 rings (SSSR count). The molecular weight excluding hydrogens is 316 g/mol. The fourth-order valence-corrected chi connectivity index (χ4v) is 2.62. The third-order valence-electron chi connectivity index (χ3n) is 3.93. The van der Waals surface area contributed by atoms with Crippen molar-refractivity contribution in [2.24, 2.45) is 5.92 Å². The first-order chi connectivity index (χ1) is 12.3. The van der Waals surface area contributed by atoms with Gasteiger partial charge in [-0.15, -0.1) is 0 Å². The van der Waals surface area contributed by atoms with Gasteiger partial charge in [-0.25, -0.2) is 4.68 Å². The largest absolute Gasteiger partial charge is 0.396 e. The monoisotopic (exact) mass is 336 g/mol. The Labute approximate surface area is 146 Å². The van der Waals surface area contributed by atoms with Gasteiger partial charge in [0.25, 0.3) is 5.91 Å². The molecule has 2 N–H and O–H groups in total. The summed E-state index contributed by atoms with van der Waals surface area (Å²) in [5.41, 5.74) is 2.16. The number of aliphatic hydroxyl groups excluding tert-OH is 1. The third-order valence-corrected chi connectivity index (χ3v) is 3.93. The summed E-state index contributed by atoms with van der Waals surface area (Å²) in [5.74, 6) is -0.277. The highest BCUT2D eigenvalue weighted by Gasteiger charge is 2.15. The lowest BCUT2D eigenvalue weighted by Gasteiger charge is -2.16. The van der Waals surface area contributed by atoms with Gasteiger partial charge in [-0.05, 0) is 36.8 Å². The molecule has 6 nitrogen and oxygen atoms in total. The zero-order valence-corrected chi connectivity index (χ0v) is 13.7. The van der Waals surface area contributed by atoms with Crippen LogP contribution in [-0.2, 0) is 6.42 Å². The SMILES string of the molecule is O=C(NCC(CO)Cc1ccccn1)c1ccccc1-n1cccn1. The number of rotatable bonds is 7. The minimum atomic E-state index is -0.189. The second-order valence-corrected chi connectivity index (χ2v) is 5.75. The Morgan fingerprint density at radius 3 is 2.68 bits per heavy atom. The van der Waals surface area contributed by atoms with Crippen molar-refractivity contribution < 1.29 is 9.90 Å². The number of para-hydroxylation sites is 1. The Hall–Kier alpha value is -2.99. The van der Waals surface area contributed by atoms with Crippen molar-refractivity contribution in [3.63, 3.8) is 0 Å². The summed E-state index contributed by atoms with van der Waals surface area (Å²) in [6.07, 6.45) is 5.80. The maximum atomic E-state index is 12.6. The van der Waals surface area contributed by atoms with E-state index in [4.69, 9.17) is 0 Å². The predicted octanol–water partition coefficient (Wildman–Crippen LogP) is 1.85. The number of benzene rings is 1. The average molecular weight is 336 g/mol. The Morgan fingerprint density at radius 1 is 1.12 bits per heavy atom. The molecule has 2 heterocycles. The van der Waals surface area contributed by atoms with Crippen LogP contribution in [0.1, 0.15) is 16.1 Å². The third kappa shape index (κ3) is 4.30. The van der Waals surface area contributed by atoms with E-state index in [0.717, 1.165) is 11.4 Å². The van der Waals surface area contributed by atoms with E-state index in [1.807, 2.05) is 42.5 Å². The fraction of sp³-hybridized carbons (Fsp3) is 0.211. The molecule has 1 atom stereocenters. The van der Waals surface area contributed by atoms with Crippen LogP contribution >= 0.6 is 0 Å². The van der Waals surface area contributed by atoms with E-state index in [1.54, 1.807) is 29.3 Å². The predicted molar refractivity (Wildman–Crippen MR) is 94.4 cm³/mol. The first-order valence-electron chi connectivity index (χ1n) is 8.16. The highest BCUT2D eigenvalue weighted by atomic mass is 16.3. The lowest BCUT2D eigenvalue weighted by Crippen LogP contribution is -2.32. The molecule has 0 saturated carbocycles. The molecule has 0 spiro atoms. The van der Waals surface area contributed by atoms with Gasteiger partial charge in [-0.2, -0.15) is 5.10 Å². The normalized spacial score (nSPS) is 11.9. The molecule has 0 saturated heterocycles. The molecule has 3 aromatic rings. The highest BCUT2D eigenvalue weighted by molar-refractivity contribution is 5.97. The van der Waals surface area contributed by atoms with Crippen molar-refractivity contribution in [2.45, 2.75) is 6.42 Å². The first-order valence-corrected chi connectivity index (χ1v) is 8.16. The maximum absolute atomic E-state index is 12.6. The summed E-state index contributed by atoms with van der Waals surface area (Å²) >= 11 is 0. The summed E-state index contributed by atoms with van der Waals surface area (Å²) in [6.45, 7) is 0.358. The molecular formula is C19H20N4O2. The van der Waals surface area contributed by atoms with E-state index in [-0.39, 0.29) is 18.4 Å². The van der Waals surface area contributed by atoms with Crippen LogP contribution in [0.25, 0.3) is 5.69 Å². The lowest BCUT2D eigenvalue weighted by atomic mass is 10.0. The number of amides is 1. The molecule has 1 unspecified atom stereocenters. The minimum Gasteiger partial charge on any atom is -0.396 e. The minimum absolute atomic E-state index is 0.0162. The number of hydrogen-bond donors (Lipinski definition) is 2. The zero-order chi connectivity index (χ0) is 17.5. The molecule has 25 heavy (non-hydrogen) atoms. The molecule has 0 radical (unpaired) electrons. The summed E-state index contributed by atoms with van der Waals surface area (Å²) in [5, 5.41) is 16.7. The molecule has 0 aliphatic carbocycles. The van der Waals surface area contributed by atoms with Crippen molar-refractivity contribution >= 4 is 5.91 Å². The van der Waals surface area contributed by atoms with E-state index in [2.05, 4.69) is 15.4 Å². The van der Waals surface area contributed by atoms with Crippen LogP contribution in [0.15, 0.2) is 67.1 Å². The van der Waals surface area contributed by atoms with Gasteiger partial charge >= 0.3 is 0 Å². The van der Waals surface area contributed by atoms with Crippen LogP contribution in [0.2, 0.25) is 0 Å². The summed E-state index contributed by atoms with van der Waals surface area (Å²) in [7, 11) is 0. The van der Waals surface area contributed by atoms with Crippen molar-refractivity contribution in [3.05, 3.63) is 78.4 Å². The number of hydrogen-bond acceptors (Lipinski definition) is 4. The van der Waals surface area contributed by atoms with Gasteiger partial charge in [-0.1, -0.05) is 18.2 Å². The molecule has 6 heteroatoms. The highest BCUT2D eigenvalue weighted by Crippen LogP contribution is 2.13. The summed E-state index contributed by atoms with van der Waals surface area (Å²) in [4.78, 5) is 16.8. The summed E-state index contributed by atoms with van der Waals surface area (Å²) < 4.78 is 1.66. The molecule has 1 aromatic carbocycles. The number of aromatic nitrogens is 3. The van der Waals surface area contributed by atoms with Crippen LogP contribution in [0.5, 0.6) is 0 Å². The van der Waals surface area contributed by atoms with Crippen LogP contribution < -0.4 is 5.32 Å². The number of pyridine rings is 1. The van der Waals surface area contributed by atoms with Gasteiger partial charge in [0.05, 0.1) is 11.3 Å². The molecule has 1 amide bonds. The topological polar surface area (TPSA) is 80.0 Å². The number of nitrogens with one attached hydrogen (secondary N) is 1. The van der Waals surface area contributed by atoms with Crippen molar-refractivity contribution in [1.82, 2.24) is 20.1 Å². The van der Waals surface area contributed by atoms with E-state index in [0.29, 0.717) is 18.5 Å². The second kappa shape index (κ2) is 8.21. The van der Waals surface area contributed by atoms with Crippen LogP contribution in [-0.4, -0.2) is 38.9 Å². The zero-order valence-electron chi connectivity index (χ0n) is 13.7. The second-order valence-electron chi connectivity index (χ2n) is 5.75. The van der Waals surface area contributed by atoms with Crippen LogP contribution in [0.3, 0.4) is 0 Å². The van der Waals surface area contributed by atoms with Crippen LogP contribution in [0, 0.1) is 5.92 Å². The number of nitrogens with zero attached hydrogens (tertiary/aromatic N) is 3. The molecule has 0 bridgehead atoms. The lowest BCUT2D eigenvalue weighted by molar-refractivity contribution is 0.0939.